The number of fused-ring (bicyclic) bond motifs is 1. The number of nitrogens with zero attached hydrogens (tertiary/aromatic N) is 5. The number of nitrogens with one attached hydrogen (secondary N) is 1. The number of carbonyl (C=O) groups is 1. The molecule has 0 unspecified atom stereocenters. The van der Waals surface area contributed by atoms with Crippen molar-refractivity contribution in [3.05, 3.63) is 94.7 Å². The Morgan fingerprint density at radius 3 is 2.59 bits per heavy atom. The second-order valence-corrected chi connectivity index (χ2v) is 6.72. The molecule has 1 aromatic carbocycles. The van der Waals surface area contributed by atoms with Gasteiger partial charge in [0, 0.05) is 24.2 Å². The molecule has 9 heteroatoms. The summed E-state index contributed by atoms with van der Waals surface area (Å²) in [5.74, 6) is -0.378. The summed E-state index contributed by atoms with van der Waals surface area (Å²) < 4.78 is 1.41. The van der Waals surface area contributed by atoms with Gasteiger partial charge in [-0.2, -0.15) is 5.10 Å². The number of hydrazone groups is 1. The van der Waals surface area contributed by atoms with E-state index in [4.69, 9.17) is 0 Å². The molecule has 0 aliphatic carbocycles. The summed E-state index contributed by atoms with van der Waals surface area (Å²) in [7, 11) is 0. The molecule has 29 heavy (non-hydrogen) atoms. The van der Waals surface area contributed by atoms with Crippen molar-refractivity contribution in [2.45, 2.75) is 10.2 Å². The molecule has 0 atom stereocenters. The van der Waals surface area contributed by atoms with Crippen LogP contribution in [-0.2, 0) is 0 Å². The van der Waals surface area contributed by atoms with Crippen LogP contribution < -0.4 is 11.0 Å². The first kappa shape index (κ1) is 18.5. The largest absolute Gasteiger partial charge is 0.271 e. The fraction of sp³-hybridized carbons (Fsp3) is 0. The van der Waals surface area contributed by atoms with Gasteiger partial charge in [0.05, 0.1) is 11.8 Å². The second-order valence-electron chi connectivity index (χ2n) is 5.76. The third-order valence-electron chi connectivity index (χ3n) is 3.86. The molecule has 0 radical (unpaired) electrons. The number of pyridine rings is 1. The zero-order valence-corrected chi connectivity index (χ0v) is 15.8. The van der Waals surface area contributed by atoms with E-state index in [0.29, 0.717) is 21.4 Å². The Kier molecular flexibility index (Phi) is 5.39. The molecule has 4 rings (SSSR count). The van der Waals surface area contributed by atoms with Gasteiger partial charge in [0.1, 0.15) is 10.7 Å². The highest BCUT2D eigenvalue weighted by molar-refractivity contribution is 7.99. The summed E-state index contributed by atoms with van der Waals surface area (Å²) in [6.07, 6.45) is 6.13. The molecular formula is C20H14N6O2S. The average Bonchev–Trinajstić information content (AvgIpc) is 2.77. The Morgan fingerprint density at radius 1 is 1.03 bits per heavy atom. The fourth-order valence-electron chi connectivity index (χ4n) is 2.50. The lowest BCUT2D eigenvalue weighted by Crippen LogP contribution is -2.23. The van der Waals surface area contributed by atoms with Crippen molar-refractivity contribution in [1.29, 1.82) is 0 Å². The number of hydrogen-bond donors (Lipinski definition) is 1. The summed E-state index contributed by atoms with van der Waals surface area (Å²) in [4.78, 5) is 38.0. The number of hydrogen-bond acceptors (Lipinski definition) is 7. The maximum atomic E-state index is 13.0. The van der Waals surface area contributed by atoms with E-state index in [-0.39, 0.29) is 17.0 Å². The van der Waals surface area contributed by atoms with E-state index in [9.17, 15) is 9.59 Å². The fourth-order valence-corrected chi connectivity index (χ4v) is 3.29. The van der Waals surface area contributed by atoms with Crippen molar-refractivity contribution < 1.29 is 4.79 Å². The van der Waals surface area contributed by atoms with Crippen LogP contribution >= 0.6 is 11.8 Å². The topological polar surface area (TPSA) is 102 Å². The molecule has 0 bridgehead atoms. The van der Waals surface area contributed by atoms with Gasteiger partial charge in [-0.25, -0.2) is 20.4 Å². The van der Waals surface area contributed by atoms with Crippen molar-refractivity contribution in [2.75, 3.05) is 0 Å². The second kappa shape index (κ2) is 8.44. The molecule has 142 valence electrons. The van der Waals surface area contributed by atoms with Gasteiger partial charge < -0.3 is 0 Å². The zero-order valence-electron chi connectivity index (χ0n) is 15.0. The van der Waals surface area contributed by atoms with Gasteiger partial charge in [-0.3, -0.25) is 14.0 Å². The summed E-state index contributed by atoms with van der Waals surface area (Å²) in [6, 6.07) is 15.6. The van der Waals surface area contributed by atoms with E-state index in [2.05, 4.69) is 25.5 Å². The van der Waals surface area contributed by atoms with E-state index in [1.807, 2.05) is 6.07 Å². The van der Waals surface area contributed by atoms with Crippen molar-refractivity contribution >= 4 is 29.5 Å². The number of carbonyl (C=O) groups excluding carboxylic acids is 1. The summed E-state index contributed by atoms with van der Waals surface area (Å²) in [5.41, 5.74) is 3.29. The number of benzene rings is 1. The Labute approximate surface area is 169 Å². The minimum Gasteiger partial charge on any atom is -0.268 e. The van der Waals surface area contributed by atoms with Crippen LogP contribution in [0.2, 0.25) is 0 Å². The van der Waals surface area contributed by atoms with Crippen LogP contribution in [0.15, 0.2) is 93.3 Å². The molecule has 0 aliphatic rings. The van der Waals surface area contributed by atoms with Crippen LogP contribution in [-0.4, -0.2) is 31.5 Å². The van der Waals surface area contributed by atoms with Crippen LogP contribution in [0.1, 0.15) is 15.9 Å². The standard InChI is InChI=1S/C20H14N6O2S/c27-17(14-7-2-1-3-8-14)25-23-13-15-18(29-20-21-10-6-11-22-20)24-16-9-4-5-12-26(16)19(15)28/h1-13H,(H,25,27)/b23-13-. The minimum absolute atomic E-state index is 0.222. The molecule has 0 spiro atoms. The molecule has 3 aromatic heterocycles. The smallest absolute Gasteiger partial charge is 0.268 e. The Bertz CT molecular complexity index is 1240. The van der Waals surface area contributed by atoms with Crippen LogP contribution in [0, 0.1) is 0 Å². The van der Waals surface area contributed by atoms with Gasteiger partial charge in [0.25, 0.3) is 11.5 Å². The summed E-state index contributed by atoms with van der Waals surface area (Å²) in [6.45, 7) is 0. The average molecular weight is 402 g/mol. The predicted molar refractivity (Wildman–Crippen MR) is 109 cm³/mol. The van der Waals surface area contributed by atoms with E-state index < -0.39 is 0 Å². The van der Waals surface area contributed by atoms with Crippen molar-refractivity contribution in [2.24, 2.45) is 5.10 Å². The number of rotatable bonds is 5. The van der Waals surface area contributed by atoms with Crippen molar-refractivity contribution in [1.82, 2.24) is 24.8 Å². The Morgan fingerprint density at radius 2 is 1.79 bits per heavy atom. The lowest BCUT2D eigenvalue weighted by atomic mass is 10.2. The quantitative estimate of drug-likeness (QED) is 0.238. The molecule has 0 fully saturated rings. The first-order valence-corrected chi connectivity index (χ1v) is 9.39. The molecule has 1 amide bonds. The zero-order chi connectivity index (χ0) is 20.1. The maximum absolute atomic E-state index is 13.0. The van der Waals surface area contributed by atoms with E-state index in [0.717, 1.165) is 11.8 Å². The maximum Gasteiger partial charge on any atom is 0.271 e. The van der Waals surface area contributed by atoms with Crippen LogP contribution in [0.4, 0.5) is 0 Å². The summed E-state index contributed by atoms with van der Waals surface area (Å²) >= 11 is 1.15. The van der Waals surface area contributed by atoms with Gasteiger partial charge in [0.2, 0.25) is 0 Å². The van der Waals surface area contributed by atoms with Gasteiger partial charge in [-0.15, -0.1) is 0 Å². The molecule has 3 heterocycles. The lowest BCUT2D eigenvalue weighted by Gasteiger charge is -2.07. The van der Waals surface area contributed by atoms with Crippen molar-refractivity contribution in [3.8, 4) is 0 Å². The van der Waals surface area contributed by atoms with Gasteiger partial charge in [-0.05, 0) is 42.1 Å². The van der Waals surface area contributed by atoms with E-state index in [1.165, 1.54) is 10.6 Å². The highest BCUT2D eigenvalue weighted by Gasteiger charge is 2.14. The van der Waals surface area contributed by atoms with Gasteiger partial charge in [0.15, 0.2) is 5.16 Å². The molecule has 1 N–H and O–H groups in total. The van der Waals surface area contributed by atoms with Gasteiger partial charge in [-0.1, -0.05) is 24.3 Å². The van der Waals surface area contributed by atoms with Crippen molar-refractivity contribution in [3.63, 3.8) is 0 Å². The molecular weight excluding hydrogens is 388 g/mol. The predicted octanol–water partition coefficient (Wildman–Crippen LogP) is 2.40. The summed E-state index contributed by atoms with van der Waals surface area (Å²) in [5, 5.41) is 4.80. The molecule has 0 aliphatic heterocycles. The first-order chi connectivity index (χ1) is 14.2. The third-order valence-corrected chi connectivity index (χ3v) is 4.76. The van der Waals surface area contributed by atoms with E-state index in [1.54, 1.807) is 67.1 Å². The number of aromatic nitrogens is 4. The van der Waals surface area contributed by atoms with E-state index >= 15 is 0 Å². The molecule has 4 aromatic rings. The van der Waals surface area contributed by atoms with Crippen LogP contribution in [0.25, 0.3) is 5.65 Å². The SMILES string of the molecule is O=C(N/N=C\c1c(Sc2ncccn2)nc2ccccn2c1=O)c1ccccc1. The van der Waals surface area contributed by atoms with Gasteiger partial charge >= 0.3 is 0 Å². The Balaban J connectivity index is 1.69. The lowest BCUT2D eigenvalue weighted by molar-refractivity contribution is 0.0955. The van der Waals surface area contributed by atoms with Crippen LogP contribution in [0.5, 0.6) is 0 Å². The molecule has 8 nitrogen and oxygen atoms in total. The monoisotopic (exact) mass is 402 g/mol. The highest BCUT2D eigenvalue weighted by atomic mass is 32.2. The Hall–Kier alpha value is -3.85. The molecule has 0 saturated carbocycles. The highest BCUT2D eigenvalue weighted by Crippen LogP contribution is 2.23. The normalized spacial score (nSPS) is 11.0. The third kappa shape index (κ3) is 4.19. The van der Waals surface area contributed by atoms with Crippen LogP contribution in [0.3, 0.4) is 0 Å². The minimum atomic E-state index is -0.378. The first-order valence-electron chi connectivity index (χ1n) is 8.57. The molecule has 0 saturated heterocycles. The number of amides is 1.